The molecule has 0 radical (unpaired) electrons. The smallest absolute Gasteiger partial charge is 0.759 e. The second-order valence-electron chi connectivity index (χ2n) is 0.621. The van der Waals surface area contributed by atoms with Crippen LogP contribution in [-0.2, 0) is 21.9 Å². The quantitative estimate of drug-likeness (QED) is 0.236. The Morgan fingerprint density at radius 1 is 1.18 bits per heavy atom. The van der Waals surface area contributed by atoms with Gasteiger partial charge < -0.3 is 9.11 Å². The molecule has 0 fully saturated rings. The molecule has 0 heterocycles. The Hall–Kier alpha value is 1.07. The van der Waals surface area contributed by atoms with Gasteiger partial charge in [0.1, 0.15) is 0 Å². The fraction of sp³-hybridized carbons (Fsp3) is 0. The van der Waals surface area contributed by atoms with Gasteiger partial charge in [0.2, 0.25) is 0 Å². The number of hydrogen-bond acceptors (Lipinski definition) is 5. The van der Waals surface area contributed by atoms with Gasteiger partial charge in [0.25, 0.3) is 11.5 Å². The summed E-state index contributed by atoms with van der Waals surface area (Å²) in [6, 6.07) is 0. The van der Waals surface area contributed by atoms with Crippen molar-refractivity contribution in [3.05, 3.63) is 0 Å². The Kier molecular flexibility index (Phi) is 22.9. The van der Waals surface area contributed by atoms with Crippen LogP contribution in [0.25, 0.3) is 0 Å². The SMILES string of the molecule is N=S(F)F.O=S(=O)([O-])[O-].[Li+].[Li+]. The molecular formula is HF2Li2NO4S2. The molecule has 0 rings (SSSR count). The van der Waals surface area contributed by atoms with Crippen LogP contribution >= 0.6 is 0 Å². The minimum absolute atomic E-state index is 0. The van der Waals surface area contributed by atoms with Crippen LogP contribution in [0.4, 0.5) is 7.77 Å². The monoisotopic (exact) mass is 195 g/mol. The number of rotatable bonds is 0. The maximum absolute atomic E-state index is 10.0. The average molecular weight is 195 g/mol. The van der Waals surface area contributed by atoms with Crippen LogP contribution in [0.2, 0.25) is 0 Å². The maximum atomic E-state index is 10.0. The first-order chi connectivity index (χ1) is 3.73. The van der Waals surface area contributed by atoms with Crippen molar-refractivity contribution in [2.45, 2.75) is 0 Å². The minimum atomic E-state index is -5.17. The molecular weight excluding hydrogens is 194 g/mol. The minimum Gasteiger partial charge on any atom is -0.759 e. The summed E-state index contributed by atoms with van der Waals surface area (Å²) in [5, 5.41) is 0. The third kappa shape index (κ3) is 789. The normalized spacial score (nSPS) is 8.45. The van der Waals surface area contributed by atoms with Crippen molar-refractivity contribution in [3.8, 4) is 0 Å². The summed E-state index contributed by atoms with van der Waals surface area (Å²) in [5.74, 6) is 0. The first-order valence-electron chi connectivity index (χ1n) is 1.18. The summed E-state index contributed by atoms with van der Waals surface area (Å²) in [5.41, 5.74) is 0. The van der Waals surface area contributed by atoms with Crippen LogP contribution < -0.4 is 37.7 Å². The van der Waals surface area contributed by atoms with Crippen LogP contribution in [0.1, 0.15) is 0 Å². The van der Waals surface area contributed by atoms with Crippen LogP contribution in [-0.4, -0.2) is 17.5 Å². The van der Waals surface area contributed by atoms with Gasteiger partial charge in [-0.05, 0) is 0 Å². The molecule has 0 saturated carbocycles. The predicted molar refractivity (Wildman–Crippen MR) is 22.8 cm³/mol. The van der Waals surface area contributed by atoms with Crippen molar-refractivity contribution >= 4 is 21.9 Å². The van der Waals surface area contributed by atoms with Crippen molar-refractivity contribution in [1.82, 2.24) is 0 Å². The molecule has 11 heteroatoms. The molecule has 0 aromatic heterocycles. The molecule has 1 N–H and O–H groups in total. The van der Waals surface area contributed by atoms with E-state index in [2.05, 4.69) is 0 Å². The Labute approximate surface area is 89.3 Å². The molecule has 0 aliphatic rings. The molecule has 0 amide bonds. The Bertz CT molecular complexity index is 167. The van der Waals surface area contributed by atoms with E-state index in [1.54, 1.807) is 0 Å². The maximum Gasteiger partial charge on any atom is 1.00 e. The van der Waals surface area contributed by atoms with E-state index in [0.717, 1.165) is 0 Å². The molecule has 11 heavy (non-hydrogen) atoms. The summed E-state index contributed by atoms with van der Waals surface area (Å²) in [6.07, 6.45) is 0. The molecule has 5 nitrogen and oxygen atoms in total. The first kappa shape index (κ1) is 22.7. The summed E-state index contributed by atoms with van der Waals surface area (Å²) < 4.78 is 59.4. The Morgan fingerprint density at radius 3 is 1.18 bits per heavy atom. The molecule has 0 aliphatic heterocycles. The molecule has 0 aromatic carbocycles. The molecule has 0 saturated heterocycles. The van der Waals surface area contributed by atoms with Gasteiger partial charge in [0.15, 0.2) is 0 Å². The van der Waals surface area contributed by atoms with Crippen LogP contribution in [0, 0.1) is 4.78 Å². The summed E-state index contributed by atoms with van der Waals surface area (Å²) in [4.78, 5) is 0. The standard InChI is InChI=1S/F2HNS.2Li.H2O4S/c1-4(2)3;;;1-5(2,3)4/h3H;;;(H2,1,2,3,4)/q;2*+1;/p-2. The summed E-state index contributed by atoms with van der Waals surface area (Å²) in [6.45, 7) is 0. The van der Waals surface area contributed by atoms with Crippen molar-refractivity contribution in [2.75, 3.05) is 0 Å². The fourth-order valence-electron chi connectivity index (χ4n) is 0. The van der Waals surface area contributed by atoms with E-state index in [0.29, 0.717) is 0 Å². The summed E-state index contributed by atoms with van der Waals surface area (Å²) >= 11 is -3.11. The van der Waals surface area contributed by atoms with Crippen molar-refractivity contribution in [3.63, 3.8) is 0 Å². The van der Waals surface area contributed by atoms with E-state index in [9.17, 15) is 7.77 Å². The second-order valence-corrected chi connectivity index (χ2v) is 1.86. The van der Waals surface area contributed by atoms with Gasteiger partial charge in [-0.2, -0.15) is 0 Å². The number of halogens is 2. The van der Waals surface area contributed by atoms with Gasteiger partial charge in [-0.3, -0.25) is 8.42 Å². The van der Waals surface area contributed by atoms with E-state index in [-0.39, 0.29) is 37.7 Å². The molecule has 0 spiro atoms. The van der Waals surface area contributed by atoms with Gasteiger partial charge >= 0.3 is 37.7 Å². The number of hydrogen-bond donors (Lipinski definition) is 1. The van der Waals surface area contributed by atoms with Gasteiger partial charge in [0, 0.05) is 10.4 Å². The van der Waals surface area contributed by atoms with Crippen LogP contribution in [0.5, 0.6) is 0 Å². The number of nitrogens with one attached hydrogen (secondary N) is 1. The fourth-order valence-corrected chi connectivity index (χ4v) is 0. The largest absolute Gasteiger partial charge is 1.00 e. The van der Waals surface area contributed by atoms with Gasteiger partial charge in [-0.1, -0.05) is 0 Å². The van der Waals surface area contributed by atoms with Gasteiger partial charge in [0.05, 0.1) is 0 Å². The van der Waals surface area contributed by atoms with Gasteiger partial charge in [-0.15, -0.1) is 7.77 Å². The van der Waals surface area contributed by atoms with E-state index >= 15 is 0 Å². The predicted octanol–water partition coefficient (Wildman–Crippen LogP) is -6.19. The Morgan fingerprint density at radius 2 is 1.18 bits per heavy atom. The molecule has 0 aromatic rings. The molecule has 58 valence electrons. The third-order valence-electron chi connectivity index (χ3n) is 0. The topological polar surface area (TPSA) is 104 Å². The first-order valence-corrected chi connectivity index (χ1v) is 3.54. The third-order valence-corrected chi connectivity index (χ3v) is 0. The zero-order chi connectivity index (χ0) is 8.08. The Balaban J connectivity index is -0.0000000383. The van der Waals surface area contributed by atoms with Crippen molar-refractivity contribution in [2.24, 2.45) is 0 Å². The zero-order valence-corrected chi connectivity index (χ0v) is 7.34. The summed E-state index contributed by atoms with van der Waals surface area (Å²) in [7, 11) is -5.17. The van der Waals surface area contributed by atoms with E-state index in [1.807, 2.05) is 0 Å². The average Bonchev–Trinajstić information content (AvgIpc) is 1.19. The zero-order valence-electron chi connectivity index (χ0n) is 5.71. The van der Waals surface area contributed by atoms with Crippen molar-refractivity contribution in [1.29, 1.82) is 4.78 Å². The molecule has 0 aliphatic carbocycles. The van der Waals surface area contributed by atoms with E-state index in [4.69, 9.17) is 22.3 Å². The van der Waals surface area contributed by atoms with E-state index < -0.39 is 21.9 Å². The molecule has 0 bridgehead atoms. The van der Waals surface area contributed by atoms with Crippen LogP contribution in [0.15, 0.2) is 0 Å². The second kappa shape index (κ2) is 11.1. The van der Waals surface area contributed by atoms with Crippen LogP contribution in [0.3, 0.4) is 0 Å². The molecule has 0 atom stereocenters. The van der Waals surface area contributed by atoms with E-state index in [1.165, 1.54) is 0 Å². The van der Waals surface area contributed by atoms with Crippen molar-refractivity contribution < 1.29 is 63.0 Å². The molecule has 0 unspecified atom stereocenters. The van der Waals surface area contributed by atoms with Gasteiger partial charge in [-0.25, -0.2) is 4.78 Å².